The van der Waals surface area contributed by atoms with Crippen LogP contribution in [-0.2, 0) is 13.1 Å². The minimum absolute atomic E-state index is 0.203. The summed E-state index contributed by atoms with van der Waals surface area (Å²) in [6.07, 6.45) is 0. The van der Waals surface area contributed by atoms with E-state index in [-0.39, 0.29) is 5.91 Å². The highest BCUT2D eigenvalue weighted by atomic mass is 79.9. The first kappa shape index (κ1) is 23.4. The van der Waals surface area contributed by atoms with Crippen molar-refractivity contribution < 1.29 is 4.79 Å². The summed E-state index contributed by atoms with van der Waals surface area (Å²) in [7, 11) is 0. The molecule has 4 rings (SSSR count). The third-order valence-corrected chi connectivity index (χ3v) is 6.40. The Kier molecular flexibility index (Phi) is 8.05. The zero-order chi connectivity index (χ0) is 23.0. The third-order valence-electron chi connectivity index (χ3n) is 5.90. The smallest absolute Gasteiger partial charge is 0.271 e. The van der Waals surface area contributed by atoms with Crippen molar-refractivity contribution >= 4 is 27.5 Å². The van der Waals surface area contributed by atoms with Gasteiger partial charge >= 0.3 is 0 Å². The van der Waals surface area contributed by atoms with Gasteiger partial charge in [0.1, 0.15) is 0 Å². The Morgan fingerprint density at radius 1 is 0.818 bits per heavy atom. The fraction of sp³-hybridized carbons (Fsp3) is 0.259. The number of halogens is 1. The van der Waals surface area contributed by atoms with E-state index < -0.39 is 0 Å². The number of piperazine rings is 1. The molecule has 1 aliphatic rings. The number of hydrazone groups is 1. The fourth-order valence-corrected chi connectivity index (χ4v) is 4.34. The summed E-state index contributed by atoms with van der Waals surface area (Å²) in [6.45, 7) is 8.06. The number of amides is 1. The van der Waals surface area contributed by atoms with Crippen molar-refractivity contribution in [3.8, 4) is 0 Å². The zero-order valence-corrected chi connectivity index (χ0v) is 20.5. The van der Waals surface area contributed by atoms with Gasteiger partial charge in [-0.1, -0.05) is 70.5 Å². The molecule has 1 aliphatic heterocycles. The molecule has 0 atom stereocenters. The van der Waals surface area contributed by atoms with Crippen molar-refractivity contribution in [2.45, 2.75) is 20.0 Å². The number of nitrogens with zero attached hydrogens (tertiary/aromatic N) is 3. The number of benzene rings is 3. The van der Waals surface area contributed by atoms with Gasteiger partial charge in [-0.3, -0.25) is 14.6 Å². The second-order valence-electron chi connectivity index (χ2n) is 8.38. The van der Waals surface area contributed by atoms with Gasteiger partial charge in [0.25, 0.3) is 5.91 Å². The summed E-state index contributed by atoms with van der Waals surface area (Å²) < 4.78 is 0.981. The Labute approximate surface area is 204 Å². The van der Waals surface area contributed by atoms with Crippen molar-refractivity contribution in [3.05, 3.63) is 106 Å². The Morgan fingerprint density at radius 2 is 1.42 bits per heavy atom. The lowest BCUT2D eigenvalue weighted by atomic mass is 10.1. The van der Waals surface area contributed by atoms with Crippen molar-refractivity contribution in [1.29, 1.82) is 0 Å². The highest BCUT2D eigenvalue weighted by molar-refractivity contribution is 9.10. The van der Waals surface area contributed by atoms with Crippen LogP contribution in [0.4, 0.5) is 0 Å². The maximum Gasteiger partial charge on any atom is 0.271 e. The van der Waals surface area contributed by atoms with E-state index in [0.29, 0.717) is 5.56 Å². The molecule has 5 nitrogen and oxygen atoms in total. The summed E-state index contributed by atoms with van der Waals surface area (Å²) in [6, 6.07) is 26.3. The van der Waals surface area contributed by atoms with Crippen LogP contribution in [0.25, 0.3) is 0 Å². The van der Waals surface area contributed by atoms with Crippen molar-refractivity contribution in [3.63, 3.8) is 0 Å². The monoisotopic (exact) mass is 504 g/mol. The van der Waals surface area contributed by atoms with E-state index in [9.17, 15) is 4.79 Å². The number of carbonyl (C=O) groups is 1. The van der Waals surface area contributed by atoms with Gasteiger partial charge in [0, 0.05) is 49.3 Å². The van der Waals surface area contributed by atoms with E-state index in [1.165, 1.54) is 11.1 Å². The number of rotatable bonds is 7. The van der Waals surface area contributed by atoms with Gasteiger partial charge in [-0.15, -0.1) is 0 Å². The van der Waals surface area contributed by atoms with E-state index in [2.05, 4.69) is 66.6 Å². The minimum atomic E-state index is -0.203. The molecule has 6 heteroatoms. The highest BCUT2D eigenvalue weighted by Gasteiger charge is 2.17. The van der Waals surface area contributed by atoms with Crippen LogP contribution in [0, 0.1) is 0 Å². The largest absolute Gasteiger partial charge is 0.297 e. The van der Waals surface area contributed by atoms with Crippen LogP contribution >= 0.6 is 15.9 Å². The van der Waals surface area contributed by atoms with Crippen LogP contribution in [0.1, 0.15) is 34.0 Å². The molecule has 1 N–H and O–H groups in total. The average molecular weight is 505 g/mol. The number of nitrogens with one attached hydrogen (secondary N) is 1. The molecule has 1 heterocycles. The molecule has 1 amide bonds. The molecule has 1 fully saturated rings. The normalized spacial score (nSPS) is 15.4. The van der Waals surface area contributed by atoms with E-state index in [1.54, 1.807) is 0 Å². The fourth-order valence-electron chi connectivity index (χ4n) is 3.94. The van der Waals surface area contributed by atoms with Crippen molar-refractivity contribution in [2.24, 2.45) is 5.10 Å². The summed E-state index contributed by atoms with van der Waals surface area (Å²) in [5.41, 5.74) is 7.58. The lowest BCUT2D eigenvalue weighted by molar-refractivity contribution is 0.0954. The maximum absolute atomic E-state index is 12.5. The quantitative estimate of drug-likeness (QED) is 0.366. The van der Waals surface area contributed by atoms with Gasteiger partial charge in [-0.2, -0.15) is 5.10 Å². The molecular formula is C27H29BrN4O. The molecule has 0 unspecified atom stereocenters. The van der Waals surface area contributed by atoms with E-state index in [0.717, 1.165) is 55.0 Å². The van der Waals surface area contributed by atoms with Gasteiger partial charge in [0.05, 0.1) is 5.71 Å². The Morgan fingerprint density at radius 3 is 2.03 bits per heavy atom. The molecule has 0 spiro atoms. The highest BCUT2D eigenvalue weighted by Crippen LogP contribution is 2.14. The molecule has 3 aromatic rings. The summed E-state index contributed by atoms with van der Waals surface area (Å²) in [5, 5.41) is 4.25. The average Bonchev–Trinajstić information content (AvgIpc) is 2.84. The number of hydrogen-bond acceptors (Lipinski definition) is 4. The van der Waals surface area contributed by atoms with Crippen LogP contribution < -0.4 is 5.43 Å². The zero-order valence-electron chi connectivity index (χ0n) is 18.9. The van der Waals surface area contributed by atoms with Crippen LogP contribution in [0.5, 0.6) is 0 Å². The van der Waals surface area contributed by atoms with E-state index in [4.69, 9.17) is 0 Å². The number of hydrogen-bond donors (Lipinski definition) is 1. The first-order valence-corrected chi connectivity index (χ1v) is 12.0. The summed E-state index contributed by atoms with van der Waals surface area (Å²) in [4.78, 5) is 17.5. The SMILES string of the molecule is C/C(=N/NC(=O)c1ccc(CN2CCN(Cc3ccccc3)CC2)cc1)c1cccc(Br)c1. The second-order valence-corrected chi connectivity index (χ2v) is 9.30. The Bertz CT molecular complexity index is 1090. The number of carbonyl (C=O) groups excluding carboxylic acids is 1. The third kappa shape index (κ3) is 6.84. The predicted octanol–water partition coefficient (Wildman–Crippen LogP) is 4.92. The topological polar surface area (TPSA) is 47.9 Å². The molecule has 1 saturated heterocycles. The van der Waals surface area contributed by atoms with Crippen molar-refractivity contribution in [2.75, 3.05) is 26.2 Å². The van der Waals surface area contributed by atoms with Crippen LogP contribution in [0.15, 0.2) is 88.4 Å². The van der Waals surface area contributed by atoms with Crippen LogP contribution in [0.3, 0.4) is 0 Å². The predicted molar refractivity (Wildman–Crippen MR) is 137 cm³/mol. The Balaban J connectivity index is 1.25. The second kappa shape index (κ2) is 11.4. The standard InChI is InChI=1S/C27H29BrN4O/c1-21(25-8-5-9-26(28)18-25)29-30-27(33)24-12-10-23(11-13-24)20-32-16-14-31(15-17-32)19-22-6-3-2-4-7-22/h2-13,18H,14-17,19-20H2,1H3,(H,30,33)/b29-21-. The molecule has 33 heavy (non-hydrogen) atoms. The van der Waals surface area contributed by atoms with Gasteiger partial charge in [0.2, 0.25) is 0 Å². The molecule has 0 radical (unpaired) electrons. The lowest BCUT2D eigenvalue weighted by Crippen LogP contribution is -2.45. The first-order valence-electron chi connectivity index (χ1n) is 11.2. The van der Waals surface area contributed by atoms with E-state index >= 15 is 0 Å². The molecule has 0 saturated carbocycles. The maximum atomic E-state index is 12.5. The van der Waals surface area contributed by atoms with Gasteiger partial charge in [-0.25, -0.2) is 5.43 Å². The summed E-state index contributed by atoms with van der Waals surface area (Å²) in [5.74, 6) is -0.203. The summed E-state index contributed by atoms with van der Waals surface area (Å²) >= 11 is 3.46. The molecule has 0 aliphatic carbocycles. The molecular weight excluding hydrogens is 476 g/mol. The van der Waals surface area contributed by atoms with E-state index in [1.807, 2.05) is 55.5 Å². The van der Waals surface area contributed by atoms with Gasteiger partial charge in [0.15, 0.2) is 0 Å². The minimum Gasteiger partial charge on any atom is -0.297 e. The Hall–Kier alpha value is -2.80. The molecule has 0 aromatic heterocycles. The van der Waals surface area contributed by atoms with Crippen LogP contribution in [-0.4, -0.2) is 47.6 Å². The van der Waals surface area contributed by atoms with Crippen LogP contribution in [0.2, 0.25) is 0 Å². The van der Waals surface area contributed by atoms with Crippen molar-refractivity contribution in [1.82, 2.24) is 15.2 Å². The lowest BCUT2D eigenvalue weighted by Gasteiger charge is -2.34. The van der Waals surface area contributed by atoms with Gasteiger partial charge in [-0.05, 0) is 47.9 Å². The molecule has 170 valence electrons. The molecule has 0 bridgehead atoms. The first-order chi connectivity index (χ1) is 16.1. The van der Waals surface area contributed by atoms with Gasteiger partial charge < -0.3 is 0 Å². The molecule has 3 aromatic carbocycles.